The number of halogens is 3. The van der Waals surface area contributed by atoms with Crippen LogP contribution in [0.3, 0.4) is 0 Å². The third-order valence-electron chi connectivity index (χ3n) is 1.47. The van der Waals surface area contributed by atoms with Crippen LogP contribution in [0.2, 0.25) is 5.02 Å². The van der Waals surface area contributed by atoms with Crippen molar-refractivity contribution in [2.45, 2.75) is 6.42 Å². The second-order valence-corrected chi connectivity index (χ2v) is 4.25. The number of carbonyl (C=O) groups excluding carboxylic acids is 1. The molecule has 0 radical (unpaired) electrons. The van der Waals surface area contributed by atoms with Gasteiger partial charge in [0.1, 0.15) is 0 Å². The van der Waals surface area contributed by atoms with Crippen LogP contribution in [0, 0.1) is 0 Å². The van der Waals surface area contributed by atoms with E-state index < -0.39 is 0 Å². The minimum absolute atomic E-state index is 0.00386. The van der Waals surface area contributed by atoms with E-state index in [-0.39, 0.29) is 11.7 Å². The first-order valence-electron chi connectivity index (χ1n) is 3.64. The van der Waals surface area contributed by atoms with Crippen molar-refractivity contribution in [3.63, 3.8) is 0 Å². The van der Waals surface area contributed by atoms with E-state index in [1.807, 2.05) is 6.07 Å². The quantitative estimate of drug-likeness (QED) is 0.776. The Labute approximate surface area is 95.2 Å². The van der Waals surface area contributed by atoms with Gasteiger partial charge >= 0.3 is 0 Å². The summed E-state index contributed by atoms with van der Waals surface area (Å²) in [5.74, 6) is 0.0419. The van der Waals surface area contributed by atoms with Crippen LogP contribution in [0.4, 0.5) is 0 Å². The summed E-state index contributed by atoms with van der Waals surface area (Å²) in [5, 5.41) is 0.617. The highest BCUT2D eigenvalue weighted by atomic mass is 79.9. The molecule has 0 spiro atoms. The summed E-state index contributed by atoms with van der Waals surface area (Å²) in [6.45, 7) is 0. The molecule has 0 unspecified atom stereocenters. The number of rotatable bonds is 3. The molecule has 0 aliphatic carbocycles. The van der Waals surface area contributed by atoms with Crippen molar-refractivity contribution >= 4 is 44.9 Å². The zero-order valence-electron chi connectivity index (χ0n) is 6.69. The lowest BCUT2D eigenvalue weighted by Crippen LogP contribution is -2.03. The van der Waals surface area contributed by atoms with Crippen molar-refractivity contribution in [3.05, 3.63) is 33.3 Å². The molecule has 0 fully saturated rings. The Morgan fingerprint density at radius 2 is 2.08 bits per heavy atom. The molecule has 0 aliphatic heterocycles. The highest BCUT2D eigenvalue weighted by Gasteiger charge is 2.03. The van der Waals surface area contributed by atoms with Gasteiger partial charge in [-0.25, -0.2) is 0 Å². The van der Waals surface area contributed by atoms with Gasteiger partial charge in [-0.2, -0.15) is 0 Å². The number of ketones is 1. The van der Waals surface area contributed by atoms with E-state index in [1.165, 1.54) is 0 Å². The van der Waals surface area contributed by atoms with Crippen LogP contribution in [0.5, 0.6) is 0 Å². The average molecular weight is 282 g/mol. The third kappa shape index (κ3) is 3.67. The maximum absolute atomic E-state index is 11.0. The first kappa shape index (κ1) is 11.0. The predicted molar refractivity (Wildman–Crippen MR) is 58.6 cm³/mol. The van der Waals surface area contributed by atoms with E-state index in [2.05, 4.69) is 15.9 Å². The van der Waals surface area contributed by atoms with Gasteiger partial charge < -0.3 is 0 Å². The SMILES string of the molecule is O=C(CCl)Cc1cc(Cl)cc(Br)c1. The van der Waals surface area contributed by atoms with E-state index >= 15 is 0 Å². The summed E-state index contributed by atoms with van der Waals surface area (Å²) >= 11 is 14.5. The molecule has 0 heterocycles. The Morgan fingerprint density at radius 3 is 2.62 bits per heavy atom. The highest BCUT2D eigenvalue weighted by Crippen LogP contribution is 2.19. The Bertz CT molecular complexity index is 305. The standard InChI is InChI=1S/C9H7BrCl2O/c10-7-1-6(2-8(12)4-7)3-9(13)5-11/h1-2,4H,3,5H2. The zero-order chi connectivity index (χ0) is 9.84. The molecule has 1 aromatic carbocycles. The van der Waals surface area contributed by atoms with E-state index in [1.54, 1.807) is 12.1 Å². The Morgan fingerprint density at radius 1 is 1.38 bits per heavy atom. The lowest BCUT2D eigenvalue weighted by atomic mass is 10.1. The minimum Gasteiger partial charge on any atom is -0.298 e. The molecular formula is C9H7BrCl2O. The monoisotopic (exact) mass is 280 g/mol. The number of hydrogen-bond donors (Lipinski definition) is 0. The molecule has 0 atom stereocenters. The fourth-order valence-electron chi connectivity index (χ4n) is 0.988. The Hall–Kier alpha value is -0.0500. The van der Waals surface area contributed by atoms with Gasteiger partial charge in [0.15, 0.2) is 5.78 Å². The van der Waals surface area contributed by atoms with E-state index in [9.17, 15) is 4.79 Å². The first-order valence-corrected chi connectivity index (χ1v) is 5.35. The number of alkyl halides is 1. The minimum atomic E-state index is -0.00386. The number of Topliss-reactive ketones (excluding diaryl/α,β-unsaturated/α-hetero) is 1. The zero-order valence-corrected chi connectivity index (χ0v) is 9.79. The average Bonchev–Trinajstić information content (AvgIpc) is 2.02. The summed E-state index contributed by atoms with van der Waals surface area (Å²) in [5.41, 5.74) is 0.880. The van der Waals surface area contributed by atoms with Gasteiger partial charge in [0, 0.05) is 15.9 Å². The van der Waals surface area contributed by atoms with Gasteiger partial charge in [-0.05, 0) is 23.8 Å². The molecule has 13 heavy (non-hydrogen) atoms. The predicted octanol–water partition coefficient (Wildman–Crippen LogP) is 3.45. The fraction of sp³-hybridized carbons (Fsp3) is 0.222. The van der Waals surface area contributed by atoms with Crippen LogP contribution in [-0.4, -0.2) is 11.7 Å². The largest absolute Gasteiger partial charge is 0.298 e. The molecule has 0 saturated heterocycles. The molecule has 1 rings (SSSR count). The molecule has 0 aliphatic rings. The Kier molecular flexibility index (Phi) is 4.23. The van der Waals surface area contributed by atoms with Crippen molar-refractivity contribution in [2.75, 3.05) is 5.88 Å². The van der Waals surface area contributed by atoms with Gasteiger partial charge in [0.05, 0.1) is 5.88 Å². The summed E-state index contributed by atoms with van der Waals surface area (Å²) in [6, 6.07) is 5.39. The third-order valence-corrected chi connectivity index (χ3v) is 2.45. The van der Waals surface area contributed by atoms with Crippen molar-refractivity contribution in [3.8, 4) is 0 Å². The van der Waals surface area contributed by atoms with Crippen molar-refractivity contribution in [2.24, 2.45) is 0 Å². The molecule has 1 nitrogen and oxygen atoms in total. The number of hydrogen-bond acceptors (Lipinski definition) is 1. The van der Waals surface area contributed by atoms with E-state index in [0.29, 0.717) is 11.4 Å². The van der Waals surface area contributed by atoms with Crippen LogP contribution >= 0.6 is 39.1 Å². The normalized spacial score (nSPS) is 10.1. The molecule has 70 valence electrons. The molecule has 0 N–H and O–H groups in total. The summed E-state index contributed by atoms with van der Waals surface area (Å²) in [6.07, 6.45) is 0.336. The van der Waals surface area contributed by atoms with Crippen LogP contribution in [0.15, 0.2) is 22.7 Å². The van der Waals surface area contributed by atoms with Gasteiger partial charge in [-0.3, -0.25) is 4.79 Å². The van der Waals surface area contributed by atoms with Crippen molar-refractivity contribution < 1.29 is 4.79 Å². The van der Waals surface area contributed by atoms with Gasteiger partial charge in [0.2, 0.25) is 0 Å². The molecule has 0 saturated carbocycles. The maximum Gasteiger partial charge on any atom is 0.151 e. The summed E-state index contributed by atoms with van der Waals surface area (Å²) < 4.78 is 0.873. The number of carbonyl (C=O) groups is 1. The van der Waals surface area contributed by atoms with Crippen molar-refractivity contribution in [1.82, 2.24) is 0 Å². The van der Waals surface area contributed by atoms with E-state index in [0.717, 1.165) is 10.0 Å². The van der Waals surface area contributed by atoms with Gasteiger partial charge in [0.25, 0.3) is 0 Å². The van der Waals surface area contributed by atoms with E-state index in [4.69, 9.17) is 23.2 Å². The second kappa shape index (κ2) is 4.99. The highest BCUT2D eigenvalue weighted by molar-refractivity contribution is 9.10. The van der Waals surface area contributed by atoms with Gasteiger partial charge in [-0.1, -0.05) is 27.5 Å². The molecule has 0 bridgehead atoms. The second-order valence-electron chi connectivity index (χ2n) is 2.63. The summed E-state index contributed by atoms with van der Waals surface area (Å²) in [7, 11) is 0. The molecule has 1 aromatic rings. The molecular weight excluding hydrogens is 275 g/mol. The molecule has 4 heteroatoms. The maximum atomic E-state index is 11.0. The van der Waals surface area contributed by atoms with Crippen LogP contribution in [0.25, 0.3) is 0 Å². The Balaban J connectivity index is 2.83. The number of benzene rings is 1. The first-order chi connectivity index (χ1) is 6.11. The topological polar surface area (TPSA) is 17.1 Å². The van der Waals surface area contributed by atoms with Gasteiger partial charge in [-0.15, -0.1) is 11.6 Å². The van der Waals surface area contributed by atoms with Crippen LogP contribution in [-0.2, 0) is 11.2 Å². The van der Waals surface area contributed by atoms with Crippen molar-refractivity contribution in [1.29, 1.82) is 0 Å². The van der Waals surface area contributed by atoms with Crippen LogP contribution in [0.1, 0.15) is 5.56 Å². The smallest absolute Gasteiger partial charge is 0.151 e. The fourth-order valence-corrected chi connectivity index (χ4v) is 2.01. The molecule has 0 aromatic heterocycles. The summed E-state index contributed by atoms with van der Waals surface area (Å²) in [4.78, 5) is 11.0. The molecule has 0 amide bonds. The lowest BCUT2D eigenvalue weighted by Gasteiger charge is -2.00. The van der Waals surface area contributed by atoms with Crippen LogP contribution < -0.4 is 0 Å². The lowest BCUT2D eigenvalue weighted by molar-refractivity contribution is -0.116.